The molecule has 0 radical (unpaired) electrons. The van der Waals surface area contributed by atoms with Crippen molar-refractivity contribution in [2.75, 3.05) is 5.75 Å². The third-order valence-electron chi connectivity index (χ3n) is 2.60. The first-order valence-corrected chi connectivity index (χ1v) is 8.00. The smallest absolute Gasteiger partial charge is 0.416 e. The number of carbonyl (C=O) groups excluding carboxylic acids is 1. The van der Waals surface area contributed by atoms with Crippen LogP contribution in [0, 0.1) is 0 Å². The number of hydrogen-bond acceptors (Lipinski definition) is 4. The van der Waals surface area contributed by atoms with Crippen LogP contribution in [0.2, 0.25) is 0 Å². The lowest BCUT2D eigenvalue weighted by Gasteiger charge is -2.14. The van der Waals surface area contributed by atoms with Gasteiger partial charge in [0.25, 0.3) is 0 Å². The minimum atomic E-state index is -5.19. The highest BCUT2D eigenvalue weighted by molar-refractivity contribution is 7.92. The van der Waals surface area contributed by atoms with Gasteiger partial charge in [-0.05, 0) is 32.0 Å². The van der Waals surface area contributed by atoms with Crippen LogP contribution in [-0.2, 0) is 31.7 Å². The lowest BCUT2D eigenvalue weighted by Crippen LogP contribution is -2.22. The summed E-state index contributed by atoms with van der Waals surface area (Å²) in [7, 11) is -4.75. The van der Waals surface area contributed by atoms with Crippen LogP contribution in [0.4, 0.5) is 26.3 Å². The van der Waals surface area contributed by atoms with Gasteiger partial charge in [0.15, 0.2) is 15.6 Å². The summed E-state index contributed by atoms with van der Waals surface area (Å²) >= 11 is 0. The van der Waals surface area contributed by atoms with Crippen LogP contribution in [0.15, 0.2) is 23.1 Å². The molecular formula is C13H12F6O4S. The minimum absolute atomic E-state index is 0.0488. The van der Waals surface area contributed by atoms with Crippen molar-refractivity contribution in [3.8, 4) is 0 Å². The first-order valence-electron chi connectivity index (χ1n) is 6.34. The largest absolute Gasteiger partial charge is 0.462 e. The Balaban J connectivity index is 3.39. The standard InChI is InChI=1S/C13H12F6O4S/c1-7(2)23-11(20)6-24(21,22)10-4-8(12(14,15)16)3-9(5-10)13(17,18)19/h3-5,7H,6H2,1-2H3. The first kappa shape index (κ1) is 20.3. The van der Waals surface area contributed by atoms with E-state index in [4.69, 9.17) is 0 Å². The van der Waals surface area contributed by atoms with Crippen LogP contribution in [-0.4, -0.2) is 26.2 Å². The average Bonchev–Trinajstić information content (AvgIpc) is 2.34. The summed E-state index contributed by atoms with van der Waals surface area (Å²) in [6.07, 6.45) is -11.1. The average molecular weight is 378 g/mol. The summed E-state index contributed by atoms with van der Waals surface area (Å²) in [5.74, 6) is -2.65. The minimum Gasteiger partial charge on any atom is -0.462 e. The molecule has 0 N–H and O–H groups in total. The van der Waals surface area contributed by atoms with E-state index in [2.05, 4.69) is 4.74 Å². The Bertz CT molecular complexity index is 687. The number of sulfone groups is 1. The van der Waals surface area contributed by atoms with Gasteiger partial charge in [0.2, 0.25) is 0 Å². The zero-order valence-corrected chi connectivity index (χ0v) is 13.1. The predicted molar refractivity (Wildman–Crippen MR) is 69.7 cm³/mol. The van der Waals surface area contributed by atoms with Gasteiger partial charge in [-0.15, -0.1) is 0 Å². The zero-order valence-electron chi connectivity index (χ0n) is 12.3. The number of esters is 1. The van der Waals surface area contributed by atoms with E-state index in [0.29, 0.717) is 0 Å². The summed E-state index contributed by atoms with van der Waals surface area (Å²) in [5, 5.41) is 0. The van der Waals surface area contributed by atoms with Crippen molar-refractivity contribution < 1.29 is 44.3 Å². The molecule has 1 aromatic rings. The van der Waals surface area contributed by atoms with Crippen LogP contribution >= 0.6 is 0 Å². The lowest BCUT2D eigenvalue weighted by atomic mass is 10.1. The molecule has 11 heteroatoms. The summed E-state index contributed by atoms with van der Waals surface area (Å²) in [6.45, 7) is 2.80. The van der Waals surface area contributed by atoms with E-state index in [0.717, 1.165) is 0 Å². The zero-order chi connectivity index (χ0) is 18.9. The Labute approximate surface area is 133 Å². The highest BCUT2D eigenvalue weighted by atomic mass is 32.2. The Morgan fingerprint density at radius 2 is 1.42 bits per heavy atom. The Kier molecular flexibility index (Phi) is 5.58. The molecule has 0 spiro atoms. The number of halogens is 6. The molecule has 0 fully saturated rings. The van der Waals surface area contributed by atoms with Crippen LogP contribution in [0.1, 0.15) is 25.0 Å². The van der Waals surface area contributed by atoms with Gasteiger partial charge in [-0.25, -0.2) is 8.42 Å². The van der Waals surface area contributed by atoms with Crippen LogP contribution in [0.5, 0.6) is 0 Å². The molecule has 0 aliphatic heterocycles. The van der Waals surface area contributed by atoms with E-state index in [9.17, 15) is 39.6 Å². The van der Waals surface area contributed by atoms with Crippen LogP contribution < -0.4 is 0 Å². The van der Waals surface area contributed by atoms with E-state index in [-0.39, 0.29) is 18.2 Å². The van der Waals surface area contributed by atoms with Gasteiger partial charge in [-0.2, -0.15) is 26.3 Å². The maximum Gasteiger partial charge on any atom is 0.416 e. The van der Waals surface area contributed by atoms with Gasteiger partial charge in [0.1, 0.15) is 0 Å². The number of alkyl halides is 6. The predicted octanol–water partition coefficient (Wildman–Crippen LogP) is 3.45. The molecule has 0 atom stereocenters. The molecule has 1 aromatic carbocycles. The summed E-state index contributed by atoms with van der Waals surface area (Å²) in [4.78, 5) is 10.1. The third-order valence-corrected chi connectivity index (χ3v) is 4.16. The van der Waals surface area contributed by atoms with E-state index < -0.39 is 56.0 Å². The summed E-state index contributed by atoms with van der Waals surface area (Å²) in [6, 6.07) is -0.105. The SMILES string of the molecule is CC(C)OC(=O)CS(=O)(=O)c1cc(C(F)(F)F)cc(C(F)(F)F)c1. The topological polar surface area (TPSA) is 60.4 Å². The van der Waals surface area contributed by atoms with E-state index in [1.807, 2.05) is 0 Å². The Morgan fingerprint density at radius 1 is 1.00 bits per heavy atom. The fourth-order valence-electron chi connectivity index (χ4n) is 1.64. The van der Waals surface area contributed by atoms with Crippen molar-refractivity contribution in [1.82, 2.24) is 0 Å². The molecule has 4 nitrogen and oxygen atoms in total. The van der Waals surface area contributed by atoms with Crippen molar-refractivity contribution in [2.45, 2.75) is 37.2 Å². The van der Waals surface area contributed by atoms with Crippen LogP contribution in [0.25, 0.3) is 0 Å². The van der Waals surface area contributed by atoms with Crippen LogP contribution in [0.3, 0.4) is 0 Å². The molecule has 0 aromatic heterocycles. The van der Waals surface area contributed by atoms with Crippen molar-refractivity contribution in [2.24, 2.45) is 0 Å². The number of carbonyl (C=O) groups is 1. The quantitative estimate of drug-likeness (QED) is 0.595. The molecule has 24 heavy (non-hydrogen) atoms. The van der Waals surface area contributed by atoms with Gasteiger partial charge in [-0.3, -0.25) is 4.79 Å². The van der Waals surface area contributed by atoms with E-state index in [1.54, 1.807) is 0 Å². The number of rotatable bonds is 4. The summed E-state index contributed by atoms with van der Waals surface area (Å²) in [5.41, 5.74) is -3.57. The van der Waals surface area contributed by atoms with Crippen molar-refractivity contribution in [3.05, 3.63) is 29.3 Å². The molecule has 0 amide bonds. The number of ether oxygens (including phenoxy) is 1. The maximum atomic E-state index is 12.7. The van der Waals surface area contributed by atoms with Gasteiger partial charge in [0.05, 0.1) is 22.1 Å². The highest BCUT2D eigenvalue weighted by Crippen LogP contribution is 2.37. The highest BCUT2D eigenvalue weighted by Gasteiger charge is 2.38. The van der Waals surface area contributed by atoms with Crippen molar-refractivity contribution >= 4 is 15.8 Å². The number of benzene rings is 1. The normalized spacial score (nSPS) is 13.2. The van der Waals surface area contributed by atoms with Crippen molar-refractivity contribution in [1.29, 1.82) is 0 Å². The Morgan fingerprint density at radius 3 is 1.75 bits per heavy atom. The molecule has 1 rings (SSSR count). The summed E-state index contributed by atoms with van der Waals surface area (Å²) < 4.78 is 105. The molecular weight excluding hydrogens is 366 g/mol. The molecule has 0 saturated carbocycles. The number of hydrogen-bond donors (Lipinski definition) is 0. The fourth-order valence-corrected chi connectivity index (χ4v) is 2.80. The molecule has 0 aliphatic rings. The molecule has 0 aliphatic carbocycles. The lowest BCUT2D eigenvalue weighted by molar-refractivity contribution is -0.144. The van der Waals surface area contributed by atoms with E-state index >= 15 is 0 Å². The Hall–Kier alpha value is -1.78. The molecule has 0 unspecified atom stereocenters. The van der Waals surface area contributed by atoms with Gasteiger partial charge < -0.3 is 4.74 Å². The molecule has 136 valence electrons. The third kappa shape index (κ3) is 5.39. The first-order chi connectivity index (χ1) is 10.6. The molecule has 0 saturated heterocycles. The van der Waals surface area contributed by atoms with Gasteiger partial charge in [0, 0.05) is 0 Å². The molecule has 0 heterocycles. The fraction of sp³-hybridized carbons (Fsp3) is 0.462. The molecule has 0 bridgehead atoms. The monoisotopic (exact) mass is 378 g/mol. The van der Waals surface area contributed by atoms with Gasteiger partial charge in [-0.1, -0.05) is 0 Å². The second kappa shape index (κ2) is 6.61. The second-order valence-corrected chi connectivity index (χ2v) is 7.03. The maximum absolute atomic E-state index is 12.7. The van der Waals surface area contributed by atoms with E-state index in [1.165, 1.54) is 13.8 Å². The van der Waals surface area contributed by atoms with Crippen molar-refractivity contribution in [3.63, 3.8) is 0 Å². The second-order valence-electron chi connectivity index (χ2n) is 5.04. The van der Waals surface area contributed by atoms with Gasteiger partial charge >= 0.3 is 18.3 Å².